The summed E-state index contributed by atoms with van der Waals surface area (Å²) in [5, 5.41) is 3.78. The lowest BCUT2D eigenvalue weighted by Gasteiger charge is -2.44. The summed E-state index contributed by atoms with van der Waals surface area (Å²) in [5.41, 5.74) is 1.45. The molecule has 0 radical (unpaired) electrons. The van der Waals surface area contributed by atoms with Gasteiger partial charge in [0.25, 0.3) is 0 Å². The molecule has 2 fully saturated rings. The van der Waals surface area contributed by atoms with Crippen molar-refractivity contribution >= 4 is 0 Å². The van der Waals surface area contributed by atoms with Crippen LogP contribution in [-0.2, 0) is 0 Å². The minimum atomic E-state index is 0.518. The third kappa shape index (κ3) is 3.07. The molecule has 1 aromatic carbocycles. The van der Waals surface area contributed by atoms with Crippen molar-refractivity contribution in [2.24, 2.45) is 0 Å². The standard InChI is InChI=1S/C18H28N2/c1-2-8-17-13-19-18(15-9-4-3-5-10-15)14-20(17)16-11-6-7-12-16/h3-5,9-10,16-19H,2,6-8,11-14H2,1H3. The summed E-state index contributed by atoms with van der Waals surface area (Å²) in [7, 11) is 0. The minimum absolute atomic E-state index is 0.518. The number of benzene rings is 1. The van der Waals surface area contributed by atoms with Gasteiger partial charge in [-0.2, -0.15) is 0 Å². The molecule has 0 bridgehead atoms. The molecule has 0 spiro atoms. The molecule has 1 heterocycles. The molecule has 0 aromatic heterocycles. The van der Waals surface area contributed by atoms with Gasteiger partial charge in [0.1, 0.15) is 0 Å². The SMILES string of the molecule is CCCC1CNC(c2ccccc2)CN1C1CCCC1. The van der Waals surface area contributed by atoms with E-state index < -0.39 is 0 Å². The monoisotopic (exact) mass is 272 g/mol. The molecular formula is C18H28N2. The zero-order chi connectivity index (χ0) is 13.8. The van der Waals surface area contributed by atoms with Gasteiger partial charge >= 0.3 is 0 Å². The highest BCUT2D eigenvalue weighted by Gasteiger charge is 2.33. The van der Waals surface area contributed by atoms with Crippen LogP contribution in [0.15, 0.2) is 30.3 Å². The molecule has 20 heavy (non-hydrogen) atoms. The highest BCUT2D eigenvalue weighted by Crippen LogP contribution is 2.30. The molecule has 2 aliphatic rings. The summed E-state index contributed by atoms with van der Waals surface area (Å²) in [6.45, 7) is 4.67. The molecule has 2 unspecified atom stereocenters. The van der Waals surface area contributed by atoms with Crippen molar-refractivity contribution in [1.82, 2.24) is 10.2 Å². The van der Waals surface area contributed by atoms with Crippen molar-refractivity contribution in [3.63, 3.8) is 0 Å². The molecule has 2 nitrogen and oxygen atoms in total. The Kier molecular flexibility index (Phi) is 4.74. The lowest BCUT2D eigenvalue weighted by Crippen LogP contribution is -2.55. The second-order valence-corrected chi connectivity index (χ2v) is 6.45. The van der Waals surface area contributed by atoms with E-state index in [4.69, 9.17) is 0 Å². The molecule has 3 rings (SSSR count). The number of nitrogens with zero attached hydrogens (tertiary/aromatic N) is 1. The van der Waals surface area contributed by atoms with E-state index in [0.717, 1.165) is 18.6 Å². The van der Waals surface area contributed by atoms with Crippen molar-refractivity contribution in [3.8, 4) is 0 Å². The van der Waals surface area contributed by atoms with Gasteiger partial charge in [-0.1, -0.05) is 56.5 Å². The fraction of sp³-hybridized carbons (Fsp3) is 0.667. The second-order valence-electron chi connectivity index (χ2n) is 6.45. The van der Waals surface area contributed by atoms with E-state index in [1.54, 1.807) is 0 Å². The minimum Gasteiger partial charge on any atom is -0.307 e. The average Bonchev–Trinajstić information content (AvgIpc) is 3.03. The molecule has 0 amide bonds. The third-order valence-corrected chi connectivity index (χ3v) is 5.08. The van der Waals surface area contributed by atoms with E-state index in [1.807, 2.05) is 0 Å². The maximum atomic E-state index is 3.78. The highest BCUT2D eigenvalue weighted by atomic mass is 15.3. The van der Waals surface area contributed by atoms with Crippen molar-refractivity contribution in [2.45, 2.75) is 63.6 Å². The van der Waals surface area contributed by atoms with Crippen LogP contribution in [0.2, 0.25) is 0 Å². The van der Waals surface area contributed by atoms with E-state index in [0.29, 0.717) is 6.04 Å². The first kappa shape index (κ1) is 14.1. The van der Waals surface area contributed by atoms with E-state index in [1.165, 1.54) is 50.6 Å². The highest BCUT2D eigenvalue weighted by molar-refractivity contribution is 5.20. The van der Waals surface area contributed by atoms with Gasteiger partial charge in [0.15, 0.2) is 0 Å². The summed E-state index contributed by atoms with van der Waals surface area (Å²) >= 11 is 0. The van der Waals surface area contributed by atoms with Crippen molar-refractivity contribution in [1.29, 1.82) is 0 Å². The van der Waals surface area contributed by atoms with Crippen LogP contribution in [0.25, 0.3) is 0 Å². The van der Waals surface area contributed by atoms with Gasteiger partial charge in [-0.3, -0.25) is 4.90 Å². The molecule has 1 saturated carbocycles. The fourth-order valence-corrected chi connectivity index (χ4v) is 4.01. The normalized spacial score (nSPS) is 28.9. The lowest BCUT2D eigenvalue weighted by molar-refractivity contribution is 0.0777. The molecule has 110 valence electrons. The van der Waals surface area contributed by atoms with Gasteiger partial charge < -0.3 is 5.32 Å². The molecule has 2 heteroatoms. The van der Waals surface area contributed by atoms with Crippen LogP contribution in [0.4, 0.5) is 0 Å². The number of nitrogens with one attached hydrogen (secondary N) is 1. The molecule has 1 aliphatic heterocycles. The summed E-state index contributed by atoms with van der Waals surface area (Å²) < 4.78 is 0. The Morgan fingerprint density at radius 1 is 1.15 bits per heavy atom. The zero-order valence-electron chi connectivity index (χ0n) is 12.7. The first-order valence-corrected chi connectivity index (χ1v) is 8.42. The summed E-state index contributed by atoms with van der Waals surface area (Å²) in [6, 6.07) is 13.1. The Morgan fingerprint density at radius 3 is 2.60 bits per heavy atom. The first-order valence-electron chi connectivity index (χ1n) is 8.42. The van der Waals surface area contributed by atoms with Gasteiger partial charge in [-0.15, -0.1) is 0 Å². The number of rotatable bonds is 4. The zero-order valence-corrected chi connectivity index (χ0v) is 12.7. The van der Waals surface area contributed by atoms with Crippen LogP contribution < -0.4 is 5.32 Å². The molecule has 1 aromatic rings. The molecule has 1 aliphatic carbocycles. The predicted octanol–water partition coefficient (Wildman–Crippen LogP) is 3.74. The number of piperazine rings is 1. The van der Waals surface area contributed by atoms with Crippen molar-refractivity contribution in [2.75, 3.05) is 13.1 Å². The summed E-state index contributed by atoms with van der Waals surface area (Å²) in [6.07, 6.45) is 8.34. The molecule has 1 saturated heterocycles. The van der Waals surface area contributed by atoms with E-state index in [2.05, 4.69) is 47.5 Å². The molecule has 1 N–H and O–H groups in total. The van der Waals surface area contributed by atoms with Crippen LogP contribution >= 0.6 is 0 Å². The maximum Gasteiger partial charge on any atom is 0.0450 e. The van der Waals surface area contributed by atoms with Crippen LogP contribution in [0.3, 0.4) is 0 Å². The Hall–Kier alpha value is -0.860. The average molecular weight is 272 g/mol. The summed E-state index contributed by atoms with van der Waals surface area (Å²) in [5.74, 6) is 0. The van der Waals surface area contributed by atoms with E-state index in [9.17, 15) is 0 Å². The topological polar surface area (TPSA) is 15.3 Å². The van der Waals surface area contributed by atoms with Crippen molar-refractivity contribution in [3.05, 3.63) is 35.9 Å². The van der Waals surface area contributed by atoms with Gasteiger partial charge in [0, 0.05) is 31.2 Å². The van der Waals surface area contributed by atoms with Crippen molar-refractivity contribution < 1.29 is 0 Å². The van der Waals surface area contributed by atoms with E-state index in [-0.39, 0.29) is 0 Å². The Bertz CT molecular complexity index is 397. The van der Waals surface area contributed by atoms with Crippen LogP contribution in [0.1, 0.15) is 57.1 Å². The molecule has 2 atom stereocenters. The second kappa shape index (κ2) is 6.73. The lowest BCUT2D eigenvalue weighted by atomic mass is 9.97. The Balaban J connectivity index is 1.72. The maximum absolute atomic E-state index is 3.78. The molecular weight excluding hydrogens is 244 g/mol. The predicted molar refractivity (Wildman–Crippen MR) is 84.8 cm³/mol. The largest absolute Gasteiger partial charge is 0.307 e. The quantitative estimate of drug-likeness (QED) is 0.898. The number of hydrogen-bond acceptors (Lipinski definition) is 2. The van der Waals surface area contributed by atoms with Gasteiger partial charge in [0.05, 0.1) is 0 Å². The van der Waals surface area contributed by atoms with Gasteiger partial charge in [-0.25, -0.2) is 0 Å². The van der Waals surface area contributed by atoms with Gasteiger partial charge in [0.2, 0.25) is 0 Å². The Labute approximate surface area is 123 Å². The van der Waals surface area contributed by atoms with E-state index >= 15 is 0 Å². The van der Waals surface area contributed by atoms with Gasteiger partial charge in [-0.05, 0) is 24.8 Å². The van der Waals surface area contributed by atoms with Crippen LogP contribution in [-0.4, -0.2) is 30.1 Å². The van der Waals surface area contributed by atoms with Crippen LogP contribution in [0, 0.1) is 0 Å². The smallest absolute Gasteiger partial charge is 0.0450 e. The Morgan fingerprint density at radius 2 is 1.90 bits per heavy atom. The third-order valence-electron chi connectivity index (χ3n) is 5.08. The fourth-order valence-electron chi connectivity index (χ4n) is 4.01. The summed E-state index contributed by atoms with van der Waals surface area (Å²) in [4.78, 5) is 2.84. The number of hydrogen-bond donors (Lipinski definition) is 1. The van der Waals surface area contributed by atoms with Crippen LogP contribution in [0.5, 0.6) is 0 Å². The first-order chi connectivity index (χ1) is 9.88.